The number of methoxy groups -OCH3 is 3. The summed E-state index contributed by atoms with van der Waals surface area (Å²) in [5.41, 5.74) is 2.14. The SMILES string of the molecule is COc1cc(NC(=O)CN2C(=O)CCn3nc(-c4cccn4C)cc32)cc(OC)c1OC. The Morgan fingerprint density at radius 3 is 2.44 bits per heavy atom. The minimum absolute atomic E-state index is 0.129. The first-order valence-corrected chi connectivity index (χ1v) is 10.0. The van der Waals surface area contributed by atoms with E-state index in [0.717, 1.165) is 11.4 Å². The van der Waals surface area contributed by atoms with Gasteiger partial charge in [-0.3, -0.25) is 14.5 Å². The second-order valence-electron chi connectivity index (χ2n) is 7.31. The number of nitrogens with zero attached hydrogens (tertiary/aromatic N) is 4. The molecule has 0 atom stereocenters. The van der Waals surface area contributed by atoms with Crippen molar-refractivity contribution in [3.63, 3.8) is 0 Å². The Morgan fingerprint density at radius 2 is 1.84 bits per heavy atom. The number of nitrogens with one attached hydrogen (secondary N) is 1. The zero-order valence-electron chi connectivity index (χ0n) is 18.4. The quantitative estimate of drug-likeness (QED) is 0.606. The highest BCUT2D eigenvalue weighted by Gasteiger charge is 2.28. The predicted octanol–water partition coefficient (Wildman–Crippen LogP) is 2.29. The highest BCUT2D eigenvalue weighted by Crippen LogP contribution is 2.40. The summed E-state index contributed by atoms with van der Waals surface area (Å²) in [6.07, 6.45) is 2.21. The second-order valence-corrected chi connectivity index (χ2v) is 7.31. The van der Waals surface area contributed by atoms with E-state index < -0.39 is 0 Å². The smallest absolute Gasteiger partial charge is 0.244 e. The maximum atomic E-state index is 12.8. The van der Waals surface area contributed by atoms with Gasteiger partial charge in [-0.1, -0.05) is 0 Å². The van der Waals surface area contributed by atoms with Gasteiger partial charge in [0.1, 0.15) is 18.1 Å². The fourth-order valence-electron chi connectivity index (χ4n) is 3.77. The monoisotopic (exact) mass is 439 g/mol. The zero-order valence-corrected chi connectivity index (χ0v) is 18.4. The Hall–Kier alpha value is -3.95. The van der Waals surface area contributed by atoms with Crippen molar-refractivity contribution in [1.29, 1.82) is 0 Å². The summed E-state index contributed by atoms with van der Waals surface area (Å²) in [4.78, 5) is 26.9. The van der Waals surface area contributed by atoms with E-state index in [4.69, 9.17) is 14.2 Å². The summed E-state index contributed by atoms with van der Waals surface area (Å²) >= 11 is 0. The molecule has 2 amide bonds. The summed E-state index contributed by atoms with van der Waals surface area (Å²) < 4.78 is 19.7. The number of aryl methyl sites for hydroxylation is 2. The Kier molecular flexibility index (Phi) is 5.76. The predicted molar refractivity (Wildman–Crippen MR) is 118 cm³/mol. The van der Waals surface area contributed by atoms with Gasteiger partial charge in [0.05, 0.1) is 33.6 Å². The van der Waals surface area contributed by atoms with E-state index in [1.165, 1.54) is 26.2 Å². The molecule has 0 aliphatic carbocycles. The maximum Gasteiger partial charge on any atom is 0.244 e. The number of carbonyl (C=O) groups is 2. The molecule has 4 rings (SSSR count). The molecule has 0 fully saturated rings. The highest BCUT2D eigenvalue weighted by molar-refractivity contribution is 6.03. The van der Waals surface area contributed by atoms with Gasteiger partial charge in [0, 0.05) is 43.6 Å². The fraction of sp³-hybridized carbons (Fsp3) is 0.318. The molecule has 0 bridgehead atoms. The molecule has 168 valence electrons. The summed E-state index contributed by atoms with van der Waals surface area (Å²) in [7, 11) is 6.44. The number of benzene rings is 1. The van der Waals surface area contributed by atoms with Crippen molar-refractivity contribution in [3.8, 4) is 28.6 Å². The van der Waals surface area contributed by atoms with Crippen molar-refractivity contribution in [1.82, 2.24) is 14.3 Å². The molecule has 0 saturated heterocycles. The summed E-state index contributed by atoms with van der Waals surface area (Å²) in [6, 6.07) is 8.99. The number of aromatic nitrogens is 3. The Balaban J connectivity index is 1.56. The third-order valence-corrected chi connectivity index (χ3v) is 5.33. The van der Waals surface area contributed by atoms with E-state index in [9.17, 15) is 9.59 Å². The van der Waals surface area contributed by atoms with Crippen molar-refractivity contribution in [2.45, 2.75) is 13.0 Å². The number of hydrogen-bond donors (Lipinski definition) is 1. The van der Waals surface area contributed by atoms with Crippen LogP contribution in [-0.2, 0) is 23.2 Å². The Labute approximate surface area is 185 Å². The number of anilines is 2. The minimum Gasteiger partial charge on any atom is -0.493 e. The largest absolute Gasteiger partial charge is 0.493 e. The van der Waals surface area contributed by atoms with Gasteiger partial charge in [-0.25, -0.2) is 4.68 Å². The lowest BCUT2D eigenvalue weighted by Gasteiger charge is -2.27. The van der Waals surface area contributed by atoms with Crippen LogP contribution in [0.15, 0.2) is 36.5 Å². The van der Waals surface area contributed by atoms with Crippen LogP contribution in [0.5, 0.6) is 17.2 Å². The zero-order chi connectivity index (χ0) is 22.8. The van der Waals surface area contributed by atoms with E-state index in [-0.39, 0.29) is 24.8 Å². The lowest BCUT2D eigenvalue weighted by Crippen LogP contribution is -2.42. The van der Waals surface area contributed by atoms with Gasteiger partial charge < -0.3 is 24.1 Å². The van der Waals surface area contributed by atoms with Gasteiger partial charge in [-0.05, 0) is 12.1 Å². The molecule has 3 heterocycles. The molecule has 10 heteroatoms. The van der Waals surface area contributed by atoms with Crippen LogP contribution in [0.1, 0.15) is 6.42 Å². The fourth-order valence-corrected chi connectivity index (χ4v) is 3.77. The molecule has 2 aromatic heterocycles. The number of amides is 2. The van der Waals surface area contributed by atoms with Gasteiger partial charge in [0.25, 0.3) is 0 Å². The van der Waals surface area contributed by atoms with Crippen LogP contribution in [0.4, 0.5) is 11.5 Å². The van der Waals surface area contributed by atoms with Crippen molar-refractivity contribution < 1.29 is 23.8 Å². The molecule has 1 aliphatic heterocycles. The van der Waals surface area contributed by atoms with Crippen LogP contribution in [0.2, 0.25) is 0 Å². The van der Waals surface area contributed by atoms with Crippen LogP contribution in [0, 0.1) is 0 Å². The normalized spacial score (nSPS) is 13.0. The number of rotatable bonds is 7. The topological polar surface area (TPSA) is 99.9 Å². The van der Waals surface area contributed by atoms with Crippen LogP contribution >= 0.6 is 0 Å². The van der Waals surface area contributed by atoms with Gasteiger partial charge in [-0.15, -0.1) is 0 Å². The molecule has 1 N–H and O–H groups in total. The van der Waals surface area contributed by atoms with Crippen molar-refractivity contribution in [3.05, 3.63) is 36.5 Å². The molecule has 0 unspecified atom stereocenters. The molecule has 0 saturated carbocycles. The average molecular weight is 439 g/mol. The van der Waals surface area contributed by atoms with Crippen LogP contribution in [0.3, 0.4) is 0 Å². The molecule has 0 radical (unpaired) electrons. The van der Waals surface area contributed by atoms with E-state index in [0.29, 0.717) is 35.3 Å². The van der Waals surface area contributed by atoms with Crippen molar-refractivity contribution in [2.24, 2.45) is 7.05 Å². The second kappa shape index (κ2) is 8.66. The molecule has 1 aliphatic rings. The number of fused-ring (bicyclic) bond motifs is 1. The lowest BCUT2D eigenvalue weighted by molar-refractivity contribution is -0.122. The minimum atomic E-state index is -0.359. The first kappa shape index (κ1) is 21.3. The van der Waals surface area contributed by atoms with Crippen LogP contribution in [0.25, 0.3) is 11.4 Å². The van der Waals surface area contributed by atoms with Crippen LogP contribution < -0.4 is 24.4 Å². The average Bonchev–Trinajstić information content (AvgIpc) is 3.40. The Bertz CT molecular complexity index is 1140. The van der Waals surface area contributed by atoms with Crippen molar-refractivity contribution in [2.75, 3.05) is 38.1 Å². The lowest BCUT2D eigenvalue weighted by atomic mass is 10.2. The number of carbonyl (C=O) groups excluding carboxylic acids is 2. The van der Waals surface area contributed by atoms with Gasteiger partial charge >= 0.3 is 0 Å². The van der Waals surface area contributed by atoms with E-state index in [2.05, 4.69) is 10.4 Å². The van der Waals surface area contributed by atoms with Crippen molar-refractivity contribution >= 4 is 23.3 Å². The molecule has 32 heavy (non-hydrogen) atoms. The van der Waals surface area contributed by atoms with E-state index >= 15 is 0 Å². The third-order valence-electron chi connectivity index (χ3n) is 5.33. The van der Waals surface area contributed by atoms with Gasteiger partial charge in [0.15, 0.2) is 11.5 Å². The van der Waals surface area contributed by atoms with Gasteiger partial charge in [0.2, 0.25) is 17.6 Å². The molecule has 3 aromatic rings. The summed E-state index contributed by atoms with van der Waals surface area (Å²) in [6.45, 7) is 0.331. The molecular formula is C22H25N5O5. The Morgan fingerprint density at radius 1 is 1.12 bits per heavy atom. The maximum absolute atomic E-state index is 12.8. The summed E-state index contributed by atoms with van der Waals surface area (Å²) in [5, 5.41) is 7.42. The number of hydrogen-bond acceptors (Lipinski definition) is 6. The first-order chi connectivity index (χ1) is 15.4. The number of ether oxygens (including phenoxy) is 3. The highest BCUT2D eigenvalue weighted by atomic mass is 16.5. The van der Waals surface area contributed by atoms with Crippen LogP contribution in [-0.4, -0.2) is 54.0 Å². The summed E-state index contributed by atoms with van der Waals surface area (Å²) in [5.74, 6) is 1.37. The van der Waals surface area contributed by atoms with E-state index in [1.54, 1.807) is 16.8 Å². The molecule has 10 nitrogen and oxygen atoms in total. The standard InChI is InChI=1S/C22H25N5O5/c1-25-8-5-6-16(25)15-12-20-26(21(29)7-9-27(20)24-15)13-19(28)23-14-10-17(30-2)22(32-4)18(11-14)31-3/h5-6,8,10-12H,7,9,13H2,1-4H3,(H,23,28). The van der Waals surface area contributed by atoms with Gasteiger partial charge in [-0.2, -0.15) is 5.10 Å². The third kappa shape index (κ3) is 3.86. The molecular weight excluding hydrogens is 414 g/mol. The molecule has 1 aromatic carbocycles. The molecule has 0 spiro atoms. The van der Waals surface area contributed by atoms with E-state index in [1.807, 2.05) is 36.0 Å². The first-order valence-electron chi connectivity index (χ1n) is 10.0.